The average molecular weight is 501 g/mol. The molecule has 1 amide bonds. The Morgan fingerprint density at radius 2 is 1.71 bits per heavy atom. The molecule has 2 fully saturated rings. The average Bonchev–Trinajstić information content (AvgIpc) is 3.00. The standard InChI is InChI=1S/C26H36N4O2S2/c1-4-6-10-16-30-25(32)22(34-26(30)33)17-20-19(3)21(18-27)24(31)29(15-7-5-2)23(20)28-13-11-8-9-12-14-28/h17H,4-16H2,1-3H3/b22-17+. The lowest BCUT2D eigenvalue weighted by Gasteiger charge is -2.29. The van der Waals surface area contributed by atoms with Gasteiger partial charge in [-0.1, -0.05) is 69.9 Å². The van der Waals surface area contributed by atoms with E-state index in [1.165, 1.54) is 24.6 Å². The van der Waals surface area contributed by atoms with Gasteiger partial charge < -0.3 is 4.90 Å². The Morgan fingerprint density at radius 1 is 1.03 bits per heavy atom. The van der Waals surface area contributed by atoms with E-state index in [0.717, 1.165) is 69.4 Å². The van der Waals surface area contributed by atoms with E-state index in [9.17, 15) is 14.9 Å². The minimum atomic E-state index is -0.225. The topological polar surface area (TPSA) is 69.3 Å². The van der Waals surface area contributed by atoms with Gasteiger partial charge in [0.25, 0.3) is 11.5 Å². The van der Waals surface area contributed by atoms with E-state index < -0.39 is 0 Å². The summed E-state index contributed by atoms with van der Waals surface area (Å²) in [5.74, 6) is 0.783. The van der Waals surface area contributed by atoms with Crippen LogP contribution in [0.4, 0.5) is 5.82 Å². The molecule has 2 aliphatic heterocycles. The van der Waals surface area contributed by atoms with Crippen molar-refractivity contribution in [3.05, 3.63) is 31.9 Å². The third-order valence-corrected chi connectivity index (χ3v) is 8.00. The lowest BCUT2D eigenvalue weighted by molar-refractivity contribution is -0.122. The van der Waals surface area contributed by atoms with Crippen molar-refractivity contribution in [3.63, 3.8) is 0 Å². The third kappa shape index (κ3) is 5.75. The van der Waals surface area contributed by atoms with Crippen LogP contribution >= 0.6 is 24.0 Å². The number of carbonyl (C=O) groups excluding carboxylic acids is 1. The molecule has 2 aliphatic rings. The lowest BCUT2D eigenvalue weighted by Crippen LogP contribution is -2.35. The summed E-state index contributed by atoms with van der Waals surface area (Å²) in [5.41, 5.74) is 1.40. The lowest BCUT2D eigenvalue weighted by atomic mass is 10.0. The number of nitrogens with zero attached hydrogens (tertiary/aromatic N) is 4. The van der Waals surface area contributed by atoms with Gasteiger partial charge in [-0.3, -0.25) is 19.1 Å². The molecule has 8 heteroatoms. The molecule has 6 nitrogen and oxygen atoms in total. The molecule has 0 unspecified atom stereocenters. The van der Waals surface area contributed by atoms with Crippen LogP contribution in [-0.2, 0) is 11.3 Å². The van der Waals surface area contributed by atoms with Gasteiger partial charge in [-0.2, -0.15) is 5.26 Å². The number of carbonyl (C=O) groups is 1. The molecule has 3 rings (SSSR count). The first kappa shape index (κ1) is 26.5. The molecule has 34 heavy (non-hydrogen) atoms. The first-order chi connectivity index (χ1) is 16.4. The molecule has 0 atom stereocenters. The van der Waals surface area contributed by atoms with Crippen LogP contribution in [0.15, 0.2) is 9.70 Å². The zero-order valence-corrected chi connectivity index (χ0v) is 22.3. The van der Waals surface area contributed by atoms with Gasteiger partial charge >= 0.3 is 0 Å². The van der Waals surface area contributed by atoms with Crippen LogP contribution in [0.5, 0.6) is 0 Å². The molecular formula is C26H36N4O2S2. The normalized spacial score (nSPS) is 18.0. The molecule has 0 spiro atoms. The SMILES string of the molecule is CCCCCN1C(=O)/C(=C\c2c(C)c(C#N)c(=O)n(CCCC)c2N2CCCCCC2)SC1=S. The predicted octanol–water partition coefficient (Wildman–Crippen LogP) is 5.60. The Morgan fingerprint density at radius 3 is 2.32 bits per heavy atom. The molecule has 1 aromatic rings. The zero-order chi connectivity index (χ0) is 24.7. The van der Waals surface area contributed by atoms with Crippen LogP contribution in [0.2, 0.25) is 0 Å². The molecule has 0 N–H and O–H groups in total. The number of aromatic nitrogens is 1. The molecule has 1 aromatic heterocycles. The number of hydrogen-bond acceptors (Lipinski definition) is 6. The van der Waals surface area contributed by atoms with Crippen molar-refractivity contribution in [3.8, 4) is 6.07 Å². The number of unbranched alkanes of at least 4 members (excludes halogenated alkanes) is 3. The molecule has 0 aromatic carbocycles. The van der Waals surface area contributed by atoms with E-state index in [2.05, 4.69) is 24.8 Å². The Bertz CT molecular complexity index is 1050. The molecule has 0 aliphatic carbocycles. The number of pyridine rings is 1. The summed E-state index contributed by atoms with van der Waals surface area (Å²) in [6, 6.07) is 2.14. The molecule has 0 saturated carbocycles. The van der Waals surface area contributed by atoms with E-state index >= 15 is 0 Å². The van der Waals surface area contributed by atoms with Gasteiger partial charge in [0.05, 0.1) is 4.91 Å². The summed E-state index contributed by atoms with van der Waals surface area (Å²) >= 11 is 6.86. The van der Waals surface area contributed by atoms with E-state index in [1.807, 2.05) is 13.0 Å². The summed E-state index contributed by atoms with van der Waals surface area (Å²) in [7, 11) is 0. The van der Waals surface area contributed by atoms with Gasteiger partial charge in [0.1, 0.15) is 21.8 Å². The van der Waals surface area contributed by atoms with E-state index in [4.69, 9.17) is 12.2 Å². The van der Waals surface area contributed by atoms with Gasteiger partial charge in [0.2, 0.25) is 0 Å². The fourth-order valence-corrected chi connectivity index (χ4v) is 5.93. The van der Waals surface area contributed by atoms with Crippen LogP contribution in [0.3, 0.4) is 0 Å². The van der Waals surface area contributed by atoms with E-state index in [0.29, 0.717) is 27.9 Å². The Kier molecular flexibility index (Phi) is 9.78. The fourth-order valence-electron chi connectivity index (χ4n) is 4.63. The van der Waals surface area contributed by atoms with Crippen molar-refractivity contribution < 1.29 is 4.79 Å². The molecule has 3 heterocycles. The highest BCUT2D eigenvalue weighted by Crippen LogP contribution is 2.36. The van der Waals surface area contributed by atoms with Gasteiger partial charge in [0.15, 0.2) is 0 Å². The Balaban J connectivity index is 2.15. The van der Waals surface area contributed by atoms with Crippen molar-refractivity contribution >= 4 is 46.1 Å². The van der Waals surface area contributed by atoms with Crippen LogP contribution in [0.1, 0.15) is 88.3 Å². The summed E-state index contributed by atoms with van der Waals surface area (Å²) in [6.07, 6.45) is 11.3. The number of nitriles is 1. The highest BCUT2D eigenvalue weighted by molar-refractivity contribution is 8.26. The summed E-state index contributed by atoms with van der Waals surface area (Å²) < 4.78 is 2.37. The number of thiocarbonyl (C=S) groups is 1. The Labute approximate surface area is 213 Å². The smallest absolute Gasteiger partial charge is 0.270 e. The van der Waals surface area contributed by atoms with Gasteiger partial charge in [-0.05, 0) is 44.2 Å². The first-order valence-electron chi connectivity index (χ1n) is 12.6. The van der Waals surface area contributed by atoms with Crippen molar-refractivity contribution in [1.82, 2.24) is 9.47 Å². The van der Waals surface area contributed by atoms with Gasteiger partial charge in [-0.15, -0.1) is 0 Å². The highest BCUT2D eigenvalue weighted by Gasteiger charge is 2.33. The second kappa shape index (κ2) is 12.6. The monoisotopic (exact) mass is 500 g/mol. The third-order valence-electron chi connectivity index (χ3n) is 6.62. The number of thioether (sulfide) groups is 1. The maximum Gasteiger partial charge on any atom is 0.270 e. The Hall–Kier alpha value is -2.11. The minimum absolute atomic E-state index is 0.0721. The van der Waals surface area contributed by atoms with Crippen LogP contribution in [0.25, 0.3) is 6.08 Å². The number of hydrogen-bond donors (Lipinski definition) is 0. The molecular weight excluding hydrogens is 464 g/mol. The molecule has 0 bridgehead atoms. The quantitative estimate of drug-likeness (QED) is 0.250. The molecule has 184 valence electrons. The number of anilines is 1. The van der Waals surface area contributed by atoms with Crippen LogP contribution in [0, 0.1) is 18.3 Å². The van der Waals surface area contributed by atoms with Crippen molar-refractivity contribution in [2.24, 2.45) is 0 Å². The second-order valence-corrected chi connectivity index (χ2v) is 10.8. The van der Waals surface area contributed by atoms with Crippen LogP contribution in [-0.4, -0.2) is 39.3 Å². The number of rotatable bonds is 9. The van der Waals surface area contributed by atoms with E-state index in [1.54, 1.807) is 9.47 Å². The largest absolute Gasteiger partial charge is 0.357 e. The van der Waals surface area contributed by atoms with Crippen LogP contribution < -0.4 is 10.5 Å². The fraction of sp³-hybridized carbons (Fsp3) is 0.615. The van der Waals surface area contributed by atoms with E-state index in [-0.39, 0.29) is 17.0 Å². The van der Waals surface area contributed by atoms with Gasteiger partial charge in [0, 0.05) is 31.7 Å². The first-order valence-corrected chi connectivity index (χ1v) is 13.8. The second-order valence-electron chi connectivity index (χ2n) is 9.10. The minimum Gasteiger partial charge on any atom is -0.357 e. The summed E-state index contributed by atoms with van der Waals surface area (Å²) in [5, 5.41) is 9.84. The predicted molar refractivity (Wildman–Crippen MR) is 145 cm³/mol. The summed E-state index contributed by atoms with van der Waals surface area (Å²) in [6.45, 7) is 9.01. The summed E-state index contributed by atoms with van der Waals surface area (Å²) in [4.78, 5) is 31.2. The maximum atomic E-state index is 13.4. The van der Waals surface area contributed by atoms with Crippen molar-refractivity contribution in [2.75, 3.05) is 24.5 Å². The maximum absolute atomic E-state index is 13.4. The highest BCUT2D eigenvalue weighted by atomic mass is 32.2. The van der Waals surface area contributed by atoms with Gasteiger partial charge in [-0.25, -0.2) is 0 Å². The number of amides is 1. The molecule has 0 radical (unpaired) electrons. The zero-order valence-electron chi connectivity index (χ0n) is 20.7. The molecule has 2 saturated heterocycles. The van der Waals surface area contributed by atoms with Crippen molar-refractivity contribution in [2.45, 2.75) is 85.1 Å². The van der Waals surface area contributed by atoms with Crippen molar-refractivity contribution in [1.29, 1.82) is 5.26 Å².